The maximum atomic E-state index is 11.5. The number of aromatic nitrogens is 6. The van der Waals surface area contributed by atoms with Gasteiger partial charge in [-0.2, -0.15) is 10.2 Å². The van der Waals surface area contributed by atoms with Crippen molar-refractivity contribution >= 4 is 28.4 Å². The van der Waals surface area contributed by atoms with Crippen LogP contribution in [0.15, 0.2) is 41.4 Å². The molecule has 0 spiro atoms. The molecule has 10 heteroatoms. The molecule has 0 unspecified atom stereocenters. The molecule has 0 radical (unpaired) electrons. The Morgan fingerprint density at radius 2 is 2.14 bits per heavy atom. The van der Waals surface area contributed by atoms with E-state index in [1.165, 1.54) is 0 Å². The highest BCUT2D eigenvalue weighted by Gasteiger charge is 2.22. The van der Waals surface area contributed by atoms with Crippen molar-refractivity contribution in [3.8, 4) is 11.6 Å². The summed E-state index contributed by atoms with van der Waals surface area (Å²) in [6, 6.07) is 3.89. The van der Waals surface area contributed by atoms with Gasteiger partial charge in [-0.3, -0.25) is 14.6 Å². The summed E-state index contributed by atoms with van der Waals surface area (Å²) in [5, 5.41) is 14.8. The third kappa shape index (κ3) is 3.33. The Morgan fingerprint density at radius 1 is 1.28 bits per heavy atom. The molecule has 10 nitrogen and oxygen atoms in total. The van der Waals surface area contributed by atoms with Gasteiger partial charge in [-0.1, -0.05) is 0 Å². The zero-order chi connectivity index (χ0) is 19.8. The second-order valence-electron chi connectivity index (χ2n) is 7.07. The van der Waals surface area contributed by atoms with Gasteiger partial charge in [0.2, 0.25) is 5.91 Å². The number of anilines is 2. The number of fused-ring (bicyclic) bond motifs is 1. The molecule has 2 N–H and O–H groups in total. The van der Waals surface area contributed by atoms with Crippen molar-refractivity contribution in [3.63, 3.8) is 0 Å². The molecule has 5 rings (SSSR count). The molecule has 1 fully saturated rings. The Morgan fingerprint density at radius 3 is 2.90 bits per heavy atom. The van der Waals surface area contributed by atoms with E-state index < -0.39 is 0 Å². The summed E-state index contributed by atoms with van der Waals surface area (Å²) in [5.41, 5.74) is 2.22. The van der Waals surface area contributed by atoms with Crippen molar-refractivity contribution < 1.29 is 9.21 Å². The minimum absolute atomic E-state index is 0.131. The van der Waals surface area contributed by atoms with Crippen LogP contribution in [0.25, 0.3) is 22.6 Å². The maximum Gasteiger partial charge on any atom is 0.219 e. The average molecular weight is 392 g/mol. The molecule has 5 heterocycles. The number of nitrogens with one attached hydrogen (secondary N) is 2. The van der Waals surface area contributed by atoms with Crippen LogP contribution in [0.1, 0.15) is 25.8 Å². The summed E-state index contributed by atoms with van der Waals surface area (Å²) in [5.74, 6) is 1.80. The van der Waals surface area contributed by atoms with E-state index >= 15 is 0 Å². The van der Waals surface area contributed by atoms with E-state index in [-0.39, 0.29) is 11.9 Å². The lowest BCUT2D eigenvalue weighted by Crippen LogP contribution is -2.37. The highest BCUT2D eigenvalue weighted by molar-refractivity contribution is 5.88. The van der Waals surface area contributed by atoms with Gasteiger partial charge in [-0.25, -0.2) is 9.97 Å². The zero-order valence-corrected chi connectivity index (χ0v) is 15.9. The number of amides is 1. The first-order valence-corrected chi connectivity index (χ1v) is 9.49. The van der Waals surface area contributed by atoms with Crippen molar-refractivity contribution in [2.45, 2.75) is 25.8 Å². The highest BCUT2D eigenvalue weighted by atomic mass is 16.3. The van der Waals surface area contributed by atoms with Gasteiger partial charge in [0.05, 0.1) is 30.4 Å². The zero-order valence-electron chi connectivity index (χ0n) is 15.9. The van der Waals surface area contributed by atoms with Crippen LogP contribution in [0, 0.1) is 0 Å². The van der Waals surface area contributed by atoms with E-state index in [0.717, 1.165) is 31.6 Å². The molecule has 29 heavy (non-hydrogen) atoms. The number of hydrogen-bond donors (Lipinski definition) is 2. The van der Waals surface area contributed by atoms with Crippen molar-refractivity contribution in [3.05, 3.63) is 37.0 Å². The Kier molecular flexibility index (Phi) is 4.23. The number of nitrogens with zero attached hydrogens (tertiary/aromatic N) is 6. The van der Waals surface area contributed by atoms with E-state index in [9.17, 15) is 4.79 Å². The molecule has 0 aromatic carbocycles. The number of rotatable bonds is 4. The molecule has 1 saturated heterocycles. The summed E-state index contributed by atoms with van der Waals surface area (Å²) in [6.07, 6.45) is 8.76. The lowest BCUT2D eigenvalue weighted by molar-refractivity contribution is -0.130. The number of hydrogen-bond acceptors (Lipinski definition) is 7. The van der Waals surface area contributed by atoms with Crippen LogP contribution < -0.4 is 5.32 Å². The largest absolute Gasteiger partial charge is 0.461 e. The minimum atomic E-state index is 0.131. The fraction of sp³-hybridized carbons (Fsp3) is 0.316. The summed E-state index contributed by atoms with van der Waals surface area (Å²) in [7, 11) is 0. The topological polar surface area (TPSA) is 118 Å². The summed E-state index contributed by atoms with van der Waals surface area (Å²) >= 11 is 0. The first kappa shape index (κ1) is 17.4. The smallest absolute Gasteiger partial charge is 0.219 e. The second-order valence-corrected chi connectivity index (χ2v) is 7.07. The molecule has 0 saturated carbocycles. The molecule has 1 amide bonds. The molecule has 4 aromatic heterocycles. The van der Waals surface area contributed by atoms with E-state index in [2.05, 4.69) is 30.6 Å². The number of carbonyl (C=O) groups excluding carboxylic acids is 1. The third-order valence-corrected chi connectivity index (χ3v) is 5.19. The number of H-pyrrole nitrogens is 1. The summed E-state index contributed by atoms with van der Waals surface area (Å²) < 4.78 is 7.39. The van der Waals surface area contributed by atoms with E-state index in [1.54, 1.807) is 31.6 Å². The van der Waals surface area contributed by atoms with Gasteiger partial charge in [0.15, 0.2) is 17.4 Å². The quantitative estimate of drug-likeness (QED) is 0.548. The van der Waals surface area contributed by atoms with Gasteiger partial charge >= 0.3 is 0 Å². The van der Waals surface area contributed by atoms with Gasteiger partial charge in [0.1, 0.15) is 11.0 Å². The van der Waals surface area contributed by atoms with Crippen molar-refractivity contribution in [1.82, 2.24) is 34.8 Å². The van der Waals surface area contributed by atoms with Gasteiger partial charge < -0.3 is 14.6 Å². The first-order chi connectivity index (χ1) is 14.2. The summed E-state index contributed by atoms with van der Waals surface area (Å²) in [6.45, 7) is 3.14. The number of aromatic amines is 1. The van der Waals surface area contributed by atoms with Crippen LogP contribution in [0.3, 0.4) is 0 Å². The number of carbonyl (C=O) groups is 1. The van der Waals surface area contributed by atoms with Crippen LogP contribution in [0.5, 0.6) is 0 Å². The van der Waals surface area contributed by atoms with E-state index in [1.807, 2.05) is 21.8 Å². The normalized spacial score (nSPS) is 15.1. The predicted octanol–water partition coefficient (Wildman–Crippen LogP) is 2.74. The Balaban J connectivity index is 1.38. The van der Waals surface area contributed by atoms with Crippen LogP contribution in [-0.2, 0) is 4.79 Å². The minimum Gasteiger partial charge on any atom is -0.461 e. The fourth-order valence-electron chi connectivity index (χ4n) is 3.63. The molecule has 0 bridgehead atoms. The van der Waals surface area contributed by atoms with E-state index in [4.69, 9.17) is 4.42 Å². The van der Waals surface area contributed by atoms with Crippen LogP contribution >= 0.6 is 0 Å². The predicted molar refractivity (Wildman–Crippen MR) is 105 cm³/mol. The summed E-state index contributed by atoms with van der Waals surface area (Å²) in [4.78, 5) is 22.5. The van der Waals surface area contributed by atoms with Gasteiger partial charge in [0, 0.05) is 26.2 Å². The van der Waals surface area contributed by atoms with Crippen LogP contribution in [0.2, 0.25) is 0 Å². The van der Waals surface area contributed by atoms with Crippen molar-refractivity contribution in [1.29, 1.82) is 0 Å². The Bertz CT molecular complexity index is 1140. The Labute approximate surface area is 165 Å². The van der Waals surface area contributed by atoms with E-state index in [0.29, 0.717) is 28.4 Å². The molecule has 1 aliphatic heterocycles. The number of likely N-dealkylation sites (tertiary alicyclic amines) is 1. The third-order valence-electron chi connectivity index (χ3n) is 5.19. The lowest BCUT2D eigenvalue weighted by atomic mass is 10.1. The maximum absolute atomic E-state index is 11.5. The van der Waals surface area contributed by atoms with Gasteiger partial charge in [0.25, 0.3) is 0 Å². The number of piperidine rings is 1. The molecular weight excluding hydrogens is 372 g/mol. The monoisotopic (exact) mass is 392 g/mol. The van der Waals surface area contributed by atoms with Crippen molar-refractivity contribution in [2.24, 2.45) is 0 Å². The first-order valence-electron chi connectivity index (χ1n) is 9.49. The molecule has 4 aromatic rings. The number of furan rings is 1. The van der Waals surface area contributed by atoms with Gasteiger partial charge in [-0.05, 0) is 25.0 Å². The SMILES string of the molecule is CC(=O)N1CCC(n2cc(Nc3nc(-c4ccco4)nc4cn[nH]c34)cn2)CC1. The molecule has 148 valence electrons. The van der Waals surface area contributed by atoms with Crippen LogP contribution in [-0.4, -0.2) is 53.8 Å². The van der Waals surface area contributed by atoms with Crippen LogP contribution in [0.4, 0.5) is 11.5 Å². The second kappa shape index (κ2) is 7.04. The van der Waals surface area contributed by atoms with Gasteiger partial charge in [-0.15, -0.1) is 0 Å². The highest BCUT2D eigenvalue weighted by Crippen LogP contribution is 2.27. The molecule has 0 aliphatic carbocycles. The fourth-order valence-corrected chi connectivity index (χ4v) is 3.63. The average Bonchev–Trinajstić information content (AvgIpc) is 3.49. The lowest BCUT2D eigenvalue weighted by Gasteiger charge is -2.31. The molecular formula is C19H20N8O2. The van der Waals surface area contributed by atoms with Crippen molar-refractivity contribution in [2.75, 3.05) is 18.4 Å². The standard InChI is InChI=1S/C19H20N8O2/c1-12(28)26-6-4-14(5-7-26)27-11-13(9-21-27)22-19-17-15(10-20-25-17)23-18(24-19)16-3-2-8-29-16/h2-3,8-11,14H,4-7H2,1H3,(H,20,25)(H,22,23,24). The molecule has 1 aliphatic rings. The molecule has 0 atom stereocenters. The Hall–Kier alpha value is -3.69.